The summed E-state index contributed by atoms with van der Waals surface area (Å²) < 4.78 is 5.80. The van der Waals surface area contributed by atoms with Gasteiger partial charge in [-0.2, -0.15) is 0 Å². The molecule has 2 N–H and O–H groups in total. The van der Waals surface area contributed by atoms with Crippen molar-refractivity contribution in [3.8, 4) is 0 Å². The SMILES string of the molecule is CNC(=O)C(NC(=O)C(C)C)c1ncc(C2CCCCC2)o1. The molecule has 0 bridgehead atoms. The summed E-state index contributed by atoms with van der Waals surface area (Å²) in [5.41, 5.74) is 0. The lowest BCUT2D eigenvalue weighted by molar-refractivity contribution is -0.131. The molecule has 2 rings (SSSR count). The van der Waals surface area contributed by atoms with Crippen LogP contribution in [0.15, 0.2) is 10.6 Å². The number of hydrogen-bond donors (Lipinski definition) is 2. The van der Waals surface area contributed by atoms with Crippen LogP contribution in [0, 0.1) is 5.92 Å². The maximum Gasteiger partial charge on any atom is 0.252 e. The monoisotopic (exact) mass is 307 g/mol. The molecule has 1 aromatic heterocycles. The van der Waals surface area contributed by atoms with Crippen molar-refractivity contribution < 1.29 is 14.0 Å². The molecule has 1 aliphatic rings. The number of carbonyl (C=O) groups excluding carboxylic acids is 2. The predicted molar refractivity (Wildman–Crippen MR) is 82.1 cm³/mol. The highest BCUT2D eigenvalue weighted by molar-refractivity contribution is 5.88. The van der Waals surface area contributed by atoms with Crippen molar-refractivity contribution in [2.24, 2.45) is 5.92 Å². The summed E-state index contributed by atoms with van der Waals surface area (Å²) >= 11 is 0. The van der Waals surface area contributed by atoms with E-state index in [9.17, 15) is 9.59 Å². The van der Waals surface area contributed by atoms with Crippen LogP contribution in [0.25, 0.3) is 0 Å². The van der Waals surface area contributed by atoms with Crippen LogP contribution in [0.4, 0.5) is 0 Å². The molecule has 1 fully saturated rings. The van der Waals surface area contributed by atoms with Crippen molar-refractivity contribution in [1.82, 2.24) is 15.6 Å². The van der Waals surface area contributed by atoms with Crippen LogP contribution in [-0.4, -0.2) is 23.8 Å². The smallest absolute Gasteiger partial charge is 0.252 e. The highest BCUT2D eigenvalue weighted by atomic mass is 16.4. The van der Waals surface area contributed by atoms with Crippen molar-refractivity contribution in [3.63, 3.8) is 0 Å². The molecule has 1 saturated carbocycles. The average Bonchev–Trinajstić information content (AvgIpc) is 3.02. The Kier molecular flexibility index (Phi) is 5.57. The summed E-state index contributed by atoms with van der Waals surface area (Å²) in [6.07, 6.45) is 7.55. The summed E-state index contributed by atoms with van der Waals surface area (Å²) in [6.45, 7) is 3.55. The Morgan fingerprint density at radius 3 is 2.50 bits per heavy atom. The molecule has 1 unspecified atom stereocenters. The van der Waals surface area contributed by atoms with Crippen LogP contribution in [0.5, 0.6) is 0 Å². The average molecular weight is 307 g/mol. The number of likely N-dealkylation sites (N-methyl/N-ethyl adjacent to an activating group) is 1. The van der Waals surface area contributed by atoms with Crippen LogP contribution >= 0.6 is 0 Å². The first kappa shape index (κ1) is 16.5. The minimum Gasteiger partial charge on any atom is -0.443 e. The second-order valence-electron chi connectivity index (χ2n) is 6.15. The van der Waals surface area contributed by atoms with Gasteiger partial charge in [-0.05, 0) is 12.8 Å². The van der Waals surface area contributed by atoms with E-state index < -0.39 is 6.04 Å². The van der Waals surface area contributed by atoms with Gasteiger partial charge in [-0.25, -0.2) is 4.98 Å². The second-order valence-corrected chi connectivity index (χ2v) is 6.15. The van der Waals surface area contributed by atoms with E-state index in [2.05, 4.69) is 15.6 Å². The summed E-state index contributed by atoms with van der Waals surface area (Å²) in [7, 11) is 1.53. The third-order valence-corrected chi connectivity index (χ3v) is 4.12. The first-order valence-electron chi connectivity index (χ1n) is 8.00. The highest BCUT2D eigenvalue weighted by Gasteiger charge is 2.29. The van der Waals surface area contributed by atoms with Crippen LogP contribution in [-0.2, 0) is 9.59 Å². The van der Waals surface area contributed by atoms with Gasteiger partial charge in [0.2, 0.25) is 11.8 Å². The number of amides is 2. The maximum atomic E-state index is 12.0. The summed E-state index contributed by atoms with van der Waals surface area (Å²) in [4.78, 5) is 28.2. The second kappa shape index (κ2) is 7.42. The molecule has 0 saturated heterocycles. The Bertz CT molecular complexity index is 518. The van der Waals surface area contributed by atoms with E-state index in [1.807, 2.05) is 0 Å². The van der Waals surface area contributed by atoms with Gasteiger partial charge in [0.1, 0.15) is 5.76 Å². The largest absolute Gasteiger partial charge is 0.443 e. The van der Waals surface area contributed by atoms with Gasteiger partial charge in [-0.15, -0.1) is 0 Å². The number of nitrogens with one attached hydrogen (secondary N) is 2. The van der Waals surface area contributed by atoms with Crippen molar-refractivity contribution in [2.45, 2.75) is 57.9 Å². The van der Waals surface area contributed by atoms with Crippen LogP contribution in [0.1, 0.15) is 69.6 Å². The van der Waals surface area contributed by atoms with Crippen molar-refractivity contribution in [3.05, 3.63) is 17.8 Å². The predicted octanol–water partition coefficient (Wildman–Crippen LogP) is 2.28. The Hall–Kier alpha value is -1.85. The molecular formula is C16H25N3O3. The highest BCUT2D eigenvalue weighted by Crippen LogP contribution is 2.33. The fraction of sp³-hybridized carbons (Fsp3) is 0.688. The Morgan fingerprint density at radius 2 is 1.91 bits per heavy atom. The molecule has 0 radical (unpaired) electrons. The van der Waals surface area contributed by atoms with Crippen molar-refractivity contribution >= 4 is 11.8 Å². The molecule has 1 atom stereocenters. The molecule has 1 aromatic rings. The molecule has 2 amide bonds. The number of rotatable bonds is 5. The van der Waals surface area contributed by atoms with E-state index >= 15 is 0 Å². The minimum absolute atomic E-state index is 0.203. The molecule has 1 heterocycles. The molecular weight excluding hydrogens is 282 g/mol. The lowest BCUT2D eigenvalue weighted by atomic mass is 9.88. The number of oxazole rings is 1. The fourth-order valence-corrected chi connectivity index (χ4v) is 2.70. The lowest BCUT2D eigenvalue weighted by Gasteiger charge is -2.19. The summed E-state index contributed by atoms with van der Waals surface area (Å²) in [5, 5.41) is 5.24. The van der Waals surface area contributed by atoms with Gasteiger partial charge in [0.25, 0.3) is 5.91 Å². The van der Waals surface area contributed by atoms with Crippen molar-refractivity contribution in [1.29, 1.82) is 0 Å². The summed E-state index contributed by atoms with van der Waals surface area (Å²) in [6, 6.07) is -0.878. The lowest BCUT2D eigenvalue weighted by Crippen LogP contribution is -2.40. The standard InChI is InChI=1S/C16H25N3O3/c1-10(2)14(20)19-13(15(21)17-3)16-18-9-12(22-16)11-7-5-4-6-8-11/h9-11,13H,4-8H2,1-3H3,(H,17,21)(H,19,20). The normalized spacial score (nSPS) is 17.3. The molecule has 122 valence electrons. The Morgan fingerprint density at radius 1 is 1.23 bits per heavy atom. The zero-order valence-electron chi connectivity index (χ0n) is 13.5. The van der Waals surface area contributed by atoms with Gasteiger partial charge in [0.05, 0.1) is 6.20 Å². The molecule has 1 aliphatic carbocycles. The number of carbonyl (C=O) groups is 2. The first-order valence-corrected chi connectivity index (χ1v) is 8.00. The van der Waals surface area contributed by atoms with Gasteiger partial charge in [-0.3, -0.25) is 9.59 Å². The van der Waals surface area contributed by atoms with Crippen molar-refractivity contribution in [2.75, 3.05) is 7.05 Å². The molecule has 22 heavy (non-hydrogen) atoms. The zero-order valence-corrected chi connectivity index (χ0v) is 13.5. The number of aromatic nitrogens is 1. The molecule has 6 heteroatoms. The van der Waals surface area contributed by atoms with E-state index in [0.29, 0.717) is 5.92 Å². The van der Waals surface area contributed by atoms with Gasteiger partial charge >= 0.3 is 0 Å². The van der Waals surface area contributed by atoms with Crippen LogP contribution < -0.4 is 10.6 Å². The number of hydrogen-bond acceptors (Lipinski definition) is 4. The Balaban J connectivity index is 2.15. The third-order valence-electron chi connectivity index (χ3n) is 4.12. The van der Waals surface area contributed by atoms with Gasteiger partial charge < -0.3 is 15.1 Å². The third kappa shape index (κ3) is 3.87. The van der Waals surface area contributed by atoms with E-state index in [-0.39, 0.29) is 23.6 Å². The van der Waals surface area contributed by atoms with E-state index in [4.69, 9.17) is 4.42 Å². The quantitative estimate of drug-likeness (QED) is 0.874. The van der Waals surface area contributed by atoms with Gasteiger partial charge in [0, 0.05) is 18.9 Å². The van der Waals surface area contributed by atoms with E-state index in [1.54, 1.807) is 20.0 Å². The van der Waals surface area contributed by atoms with E-state index in [1.165, 1.54) is 26.3 Å². The van der Waals surface area contributed by atoms with Crippen LogP contribution in [0.2, 0.25) is 0 Å². The Labute approximate surface area is 131 Å². The number of nitrogens with zero attached hydrogens (tertiary/aromatic N) is 1. The topological polar surface area (TPSA) is 84.2 Å². The molecule has 0 aliphatic heterocycles. The minimum atomic E-state index is -0.878. The zero-order chi connectivity index (χ0) is 16.1. The maximum absolute atomic E-state index is 12.0. The molecule has 0 aromatic carbocycles. The van der Waals surface area contributed by atoms with Gasteiger partial charge in [0.15, 0.2) is 6.04 Å². The summed E-state index contributed by atoms with van der Waals surface area (Å²) in [5.74, 6) is 0.717. The van der Waals surface area contributed by atoms with Crippen LogP contribution in [0.3, 0.4) is 0 Å². The van der Waals surface area contributed by atoms with Gasteiger partial charge in [-0.1, -0.05) is 33.1 Å². The van der Waals surface area contributed by atoms with E-state index in [0.717, 1.165) is 18.6 Å². The molecule has 0 spiro atoms. The fourth-order valence-electron chi connectivity index (χ4n) is 2.70. The molecule has 6 nitrogen and oxygen atoms in total. The first-order chi connectivity index (χ1) is 10.5.